The molecule has 7 heteroatoms. The first-order valence-corrected chi connectivity index (χ1v) is 13.3. The zero-order valence-corrected chi connectivity index (χ0v) is 21.2. The van der Waals surface area contributed by atoms with Crippen LogP contribution in [-0.4, -0.2) is 39.8 Å². The van der Waals surface area contributed by atoms with Gasteiger partial charge >= 0.3 is 0 Å². The van der Waals surface area contributed by atoms with Crippen molar-refractivity contribution in [1.29, 1.82) is 5.26 Å². The summed E-state index contributed by atoms with van der Waals surface area (Å²) in [4.78, 5) is 14.4. The third-order valence-electron chi connectivity index (χ3n) is 6.02. The lowest BCUT2D eigenvalue weighted by Crippen LogP contribution is -2.40. The van der Waals surface area contributed by atoms with Crippen LogP contribution in [-0.2, 0) is 24.4 Å². The molecular weight excluding hydrogens is 420 g/mol. The first-order valence-electron chi connectivity index (χ1n) is 10.4. The normalized spacial score (nSPS) is 19.1. The summed E-state index contributed by atoms with van der Waals surface area (Å²) < 4.78 is 17.4. The number of allylic oxidation sites excluding steroid dienone is 2. The molecular formula is C25H32N2O4Si. The van der Waals surface area contributed by atoms with Crippen LogP contribution in [0.3, 0.4) is 0 Å². The minimum absolute atomic E-state index is 0.0666. The first-order chi connectivity index (χ1) is 14.9. The van der Waals surface area contributed by atoms with Crippen LogP contribution in [0, 0.1) is 23.2 Å². The highest BCUT2D eigenvalue weighted by atomic mass is 28.4. The summed E-state index contributed by atoms with van der Waals surface area (Å²) in [5.74, 6) is 5.40. The summed E-state index contributed by atoms with van der Waals surface area (Å²) in [5.41, 5.74) is -0.156. The number of methoxy groups -OCH3 is 1. The molecule has 1 aromatic carbocycles. The summed E-state index contributed by atoms with van der Waals surface area (Å²) in [6.07, 6.45) is 1.69. The lowest BCUT2D eigenvalue weighted by molar-refractivity contribution is -0.113. The number of carbonyl (C=O) groups excluding carboxylic acids is 1. The van der Waals surface area contributed by atoms with Gasteiger partial charge in [0.25, 0.3) is 11.5 Å². The zero-order valence-electron chi connectivity index (χ0n) is 20.2. The molecule has 0 radical (unpaired) electrons. The average Bonchev–Trinajstić information content (AvgIpc) is 3.09. The van der Waals surface area contributed by atoms with Gasteiger partial charge in [0.05, 0.1) is 13.7 Å². The van der Waals surface area contributed by atoms with E-state index in [4.69, 9.17) is 13.9 Å². The fourth-order valence-corrected chi connectivity index (χ4v) is 3.79. The van der Waals surface area contributed by atoms with Gasteiger partial charge in [0.2, 0.25) is 0 Å². The number of benzene rings is 1. The van der Waals surface area contributed by atoms with Crippen molar-refractivity contribution in [2.24, 2.45) is 0 Å². The topological polar surface area (TPSA) is 71.8 Å². The van der Waals surface area contributed by atoms with E-state index in [-0.39, 0.29) is 17.4 Å². The maximum Gasteiger partial charge on any atom is 0.297 e. The third kappa shape index (κ3) is 5.07. The average molecular weight is 453 g/mol. The van der Waals surface area contributed by atoms with Crippen molar-refractivity contribution in [3.63, 3.8) is 0 Å². The van der Waals surface area contributed by atoms with E-state index in [1.54, 1.807) is 25.1 Å². The van der Waals surface area contributed by atoms with E-state index in [2.05, 4.69) is 51.8 Å². The molecule has 0 aliphatic carbocycles. The Morgan fingerprint density at radius 2 is 1.88 bits per heavy atom. The molecule has 1 aliphatic heterocycles. The molecule has 1 unspecified atom stereocenters. The molecule has 0 N–H and O–H groups in total. The maximum atomic E-state index is 12.7. The molecule has 1 aliphatic rings. The second-order valence-electron chi connectivity index (χ2n) is 9.17. The smallest absolute Gasteiger partial charge is 0.297 e. The maximum absolute atomic E-state index is 12.7. The van der Waals surface area contributed by atoms with Gasteiger partial charge in [-0.3, -0.25) is 4.79 Å². The number of nitrogens with zero attached hydrogens (tertiary/aromatic N) is 2. The number of ether oxygens (including phenoxy) is 2. The third-order valence-corrected chi connectivity index (χ3v) is 10.5. The second-order valence-corrected chi connectivity index (χ2v) is 14.0. The summed E-state index contributed by atoms with van der Waals surface area (Å²) >= 11 is 0. The van der Waals surface area contributed by atoms with Crippen LogP contribution in [0.4, 0.5) is 0 Å². The summed E-state index contributed by atoms with van der Waals surface area (Å²) in [6.45, 7) is 12.6. The SMILES string of the molecule is CO/C(C(=O)C#CCO[Si](C)(C)C(C)(C)C)=C(\C)C1=CN(C)C(C#N)(c2ccccc2)O1. The number of hydrogen-bond donors (Lipinski definition) is 0. The minimum atomic E-state index is -1.94. The molecule has 6 nitrogen and oxygen atoms in total. The molecule has 170 valence electrons. The van der Waals surface area contributed by atoms with E-state index >= 15 is 0 Å². The van der Waals surface area contributed by atoms with E-state index in [9.17, 15) is 10.1 Å². The Morgan fingerprint density at radius 3 is 2.41 bits per heavy atom. The van der Waals surface area contributed by atoms with Gasteiger partial charge in [-0.15, -0.1) is 0 Å². The largest absolute Gasteiger partial charge is 0.492 e. The van der Waals surface area contributed by atoms with Crippen LogP contribution < -0.4 is 0 Å². The van der Waals surface area contributed by atoms with Crippen molar-refractivity contribution in [2.45, 2.75) is 51.6 Å². The number of hydrogen-bond acceptors (Lipinski definition) is 6. The molecule has 1 heterocycles. The van der Waals surface area contributed by atoms with E-state index in [1.165, 1.54) is 7.11 Å². The van der Waals surface area contributed by atoms with Crippen molar-refractivity contribution >= 4 is 14.1 Å². The Morgan fingerprint density at radius 1 is 1.25 bits per heavy atom. The molecule has 2 rings (SSSR count). The number of rotatable bonds is 6. The number of carbonyl (C=O) groups is 1. The van der Waals surface area contributed by atoms with Crippen LogP contribution in [0.15, 0.2) is 53.6 Å². The molecule has 32 heavy (non-hydrogen) atoms. The first kappa shape index (κ1) is 25.3. The lowest BCUT2D eigenvalue weighted by Gasteiger charge is -2.35. The number of nitriles is 1. The monoisotopic (exact) mass is 452 g/mol. The number of Topliss-reactive ketones (excluding diaryl/α,β-unsaturated/α-hetero) is 1. The Kier molecular flexibility index (Phi) is 7.61. The Balaban J connectivity index is 2.22. The van der Waals surface area contributed by atoms with E-state index < -0.39 is 19.8 Å². The van der Waals surface area contributed by atoms with Gasteiger partial charge in [-0.05, 0) is 31.0 Å². The van der Waals surface area contributed by atoms with Crippen LogP contribution in [0.5, 0.6) is 0 Å². The molecule has 0 bridgehead atoms. The molecule has 1 atom stereocenters. The van der Waals surface area contributed by atoms with Gasteiger partial charge in [0, 0.05) is 24.4 Å². The fraction of sp³-hybridized carbons (Fsp3) is 0.440. The molecule has 0 amide bonds. The van der Waals surface area contributed by atoms with Crippen molar-refractivity contribution < 1.29 is 18.7 Å². The highest BCUT2D eigenvalue weighted by molar-refractivity contribution is 6.74. The molecule has 1 aromatic rings. The van der Waals surface area contributed by atoms with Gasteiger partial charge in [-0.1, -0.05) is 57.0 Å². The van der Waals surface area contributed by atoms with Crippen molar-refractivity contribution in [2.75, 3.05) is 20.8 Å². The summed E-state index contributed by atoms with van der Waals surface area (Å²) in [5, 5.41) is 9.98. The van der Waals surface area contributed by atoms with Gasteiger partial charge in [0.1, 0.15) is 11.8 Å². The minimum Gasteiger partial charge on any atom is -0.492 e. The Labute approximate surface area is 192 Å². The van der Waals surface area contributed by atoms with E-state index in [1.807, 2.05) is 30.3 Å². The lowest BCUT2D eigenvalue weighted by atomic mass is 10.0. The van der Waals surface area contributed by atoms with Crippen LogP contribution in [0.25, 0.3) is 0 Å². The zero-order chi connectivity index (χ0) is 24.2. The fourth-order valence-electron chi connectivity index (χ4n) is 2.92. The van der Waals surface area contributed by atoms with Gasteiger partial charge in [-0.2, -0.15) is 5.26 Å². The number of ketones is 1. The molecule has 0 saturated carbocycles. The van der Waals surface area contributed by atoms with Crippen molar-refractivity contribution in [3.05, 3.63) is 59.2 Å². The predicted octanol–water partition coefficient (Wildman–Crippen LogP) is 4.68. The van der Waals surface area contributed by atoms with Crippen molar-refractivity contribution in [1.82, 2.24) is 4.90 Å². The summed E-state index contributed by atoms with van der Waals surface area (Å²) in [7, 11) is 1.23. The highest BCUT2D eigenvalue weighted by Gasteiger charge is 2.44. The van der Waals surface area contributed by atoms with Gasteiger partial charge < -0.3 is 18.8 Å². The van der Waals surface area contributed by atoms with E-state index in [0.29, 0.717) is 16.9 Å². The van der Waals surface area contributed by atoms with Crippen LogP contribution in [0.1, 0.15) is 33.3 Å². The second kappa shape index (κ2) is 9.64. The highest BCUT2D eigenvalue weighted by Crippen LogP contribution is 2.39. The Hall–Kier alpha value is -3.00. The quantitative estimate of drug-likeness (QED) is 0.205. The van der Waals surface area contributed by atoms with Crippen LogP contribution >= 0.6 is 0 Å². The summed E-state index contributed by atoms with van der Waals surface area (Å²) in [6, 6.07) is 11.5. The predicted molar refractivity (Wildman–Crippen MR) is 126 cm³/mol. The standard InChI is InChI=1S/C25H32N2O4Si/c1-19(22-17-27(5)25(18-26,31-22)20-13-10-9-11-14-20)23(29-6)21(28)15-12-16-30-32(7,8)24(2,3)4/h9-11,13-14,17H,16H2,1-8H3/b23-19+. The molecule has 0 saturated heterocycles. The van der Waals surface area contributed by atoms with Gasteiger partial charge in [0.15, 0.2) is 14.1 Å². The molecule has 0 aromatic heterocycles. The Bertz CT molecular complexity index is 1020. The molecule has 0 spiro atoms. The van der Waals surface area contributed by atoms with Crippen LogP contribution in [0.2, 0.25) is 18.1 Å². The van der Waals surface area contributed by atoms with Gasteiger partial charge in [-0.25, -0.2) is 0 Å². The van der Waals surface area contributed by atoms with Crippen molar-refractivity contribution in [3.8, 4) is 17.9 Å². The van der Waals surface area contributed by atoms with E-state index in [0.717, 1.165) is 0 Å². The molecule has 0 fully saturated rings.